The van der Waals surface area contributed by atoms with Gasteiger partial charge in [-0.05, 0) is 64.2 Å². The first-order valence-electron chi connectivity index (χ1n) is 8.86. The molecule has 1 aliphatic heterocycles. The van der Waals surface area contributed by atoms with Crippen LogP contribution in [0.5, 0.6) is 11.5 Å². The number of nitrogens with zero attached hydrogens (tertiary/aromatic N) is 2. The van der Waals surface area contributed by atoms with Gasteiger partial charge in [0.25, 0.3) is 11.1 Å². The van der Waals surface area contributed by atoms with Crippen molar-refractivity contribution < 1.29 is 23.9 Å². The summed E-state index contributed by atoms with van der Waals surface area (Å²) in [4.78, 5) is 36.5. The molecule has 0 atom stereocenters. The molecule has 8 nitrogen and oxygen atoms in total. The van der Waals surface area contributed by atoms with Crippen LogP contribution < -0.4 is 15.2 Å². The molecule has 1 heterocycles. The molecule has 31 heavy (non-hydrogen) atoms. The number of benzene rings is 2. The lowest BCUT2D eigenvalue weighted by Crippen LogP contribution is -2.36. The molecule has 0 aromatic heterocycles. The van der Waals surface area contributed by atoms with Crippen molar-refractivity contribution in [2.24, 2.45) is 5.73 Å². The fourth-order valence-corrected chi connectivity index (χ4v) is 4.43. The molecule has 3 amide bonds. The molecule has 0 spiro atoms. The summed E-state index contributed by atoms with van der Waals surface area (Å²) in [5.41, 5.74) is 6.99. The van der Waals surface area contributed by atoms with Crippen molar-refractivity contribution >= 4 is 57.5 Å². The Bertz CT molecular complexity index is 1140. The number of ether oxygens (including phenoxy) is 2. The van der Waals surface area contributed by atoms with Crippen LogP contribution in [0.2, 0.25) is 0 Å². The molecule has 10 heteroatoms. The number of nitriles is 1. The summed E-state index contributed by atoms with van der Waals surface area (Å²) in [7, 11) is 1.49. The summed E-state index contributed by atoms with van der Waals surface area (Å²) in [5, 5.41) is 8.68. The third-order valence-corrected chi connectivity index (χ3v) is 5.96. The number of hydrogen-bond donors (Lipinski definition) is 1. The number of nitrogens with two attached hydrogens (primary N) is 1. The summed E-state index contributed by atoms with van der Waals surface area (Å²) in [6, 6.07) is 12.7. The Balaban J connectivity index is 1.85. The van der Waals surface area contributed by atoms with Crippen LogP contribution in [0.15, 0.2) is 41.3 Å². The average molecular weight is 549 g/mol. The van der Waals surface area contributed by atoms with Gasteiger partial charge in [0.15, 0.2) is 11.5 Å². The van der Waals surface area contributed by atoms with Gasteiger partial charge in [0.1, 0.15) is 13.2 Å². The molecule has 3 rings (SSSR count). The Morgan fingerprint density at radius 3 is 2.74 bits per heavy atom. The van der Waals surface area contributed by atoms with E-state index in [2.05, 4.69) is 28.7 Å². The maximum Gasteiger partial charge on any atom is 0.294 e. The van der Waals surface area contributed by atoms with Gasteiger partial charge in [-0.3, -0.25) is 19.3 Å². The first-order chi connectivity index (χ1) is 14.8. The van der Waals surface area contributed by atoms with E-state index in [0.29, 0.717) is 26.2 Å². The first kappa shape index (κ1) is 22.6. The van der Waals surface area contributed by atoms with Crippen LogP contribution in [0.25, 0.3) is 6.08 Å². The van der Waals surface area contributed by atoms with E-state index in [1.54, 1.807) is 30.3 Å². The SMILES string of the molecule is COc1cc(/C=C2\SC(=O)N(CC(N)=O)C2=O)cc(I)c1OCc1ccccc1C#N. The Hall–Kier alpha value is -3.04. The van der Waals surface area contributed by atoms with Crippen molar-refractivity contribution in [2.75, 3.05) is 13.7 Å². The fourth-order valence-electron chi connectivity index (χ4n) is 2.81. The van der Waals surface area contributed by atoms with E-state index in [0.717, 1.165) is 22.2 Å². The zero-order valence-corrected chi connectivity index (χ0v) is 19.2. The number of methoxy groups -OCH3 is 1. The number of amides is 3. The van der Waals surface area contributed by atoms with Crippen molar-refractivity contribution in [1.29, 1.82) is 5.26 Å². The molecule has 1 aliphatic rings. The maximum atomic E-state index is 12.4. The predicted molar refractivity (Wildman–Crippen MR) is 123 cm³/mol. The predicted octanol–water partition coefficient (Wildman–Crippen LogP) is 3.27. The highest BCUT2D eigenvalue weighted by atomic mass is 127. The lowest BCUT2D eigenvalue weighted by molar-refractivity contribution is -0.127. The number of carbonyl (C=O) groups excluding carboxylic acids is 3. The number of rotatable bonds is 7. The highest BCUT2D eigenvalue weighted by Crippen LogP contribution is 2.37. The molecule has 2 aromatic rings. The van der Waals surface area contributed by atoms with Crippen molar-refractivity contribution in [3.05, 3.63) is 61.6 Å². The monoisotopic (exact) mass is 549 g/mol. The number of thioether (sulfide) groups is 1. The molecule has 2 aromatic carbocycles. The molecule has 0 unspecified atom stereocenters. The maximum absolute atomic E-state index is 12.4. The first-order valence-corrected chi connectivity index (χ1v) is 10.8. The number of primary amides is 1. The second kappa shape index (κ2) is 9.84. The molecular weight excluding hydrogens is 533 g/mol. The van der Waals surface area contributed by atoms with E-state index in [-0.39, 0.29) is 11.5 Å². The summed E-state index contributed by atoms with van der Waals surface area (Å²) in [6.07, 6.45) is 1.55. The highest BCUT2D eigenvalue weighted by Gasteiger charge is 2.35. The minimum atomic E-state index is -0.765. The summed E-state index contributed by atoms with van der Waals surface area (Å²) >= 11 is 2.82. The molecule has 1 saturated heterocycles. The molecular formula is C21H16IN3O5S. The Kier molecular flexibility index (Phi) is 7.19. The third-order valence-electron chi connectivity index (χ3n) is 4.25. The quantitative estimate of drug-likeness (QED) is 0.416. The second-order valence-corrected chi connectivity index (χ2v) is 8.48. The minimum Gasteiger partial charge on any atom is -0.493 e. The van der Waals surface area contributed by atoms with Crippen molar-refractivity contribution in [1.82, 2.24) is 4.90 Å². The van der Waals surface area contributed by atoms with Crippen LogP contribution in [-0.4, -0.2) is 35.6 Å². The van der Waals surface area contributed by atoms with Crippen molar-refractivity contribution in [2.45, 2.75) is 6.61 Å². The zero-order chi connectivity index (χ0) is 22.5. The van der Waals surface area contributed by atoms with E-state index in [1.165, 1.54) is 7.11 Å². The molecule has 1 fully saturated rings. The number of halogens is 1. The van der Waals surface area contributed by atoms with E-state index in [4.69, 9.17) is 15.2 Å². The van der Waals surface area contributed by atoms with E-state index in [9.17, 15) is 19.6 Å². The third kappa shape index (κ3) is 5.18. The van der Waals surface area contributed by atoms with Crippen LogP contribution in [-0.2, 0) is 16.2 Å². The smallest absolute Gasteiger partial charge is 0.294 e. The molecule has 2 N–H and O–H groups in total. The van der Waals surface area contributed by atoms with E-state index < -0.39 is 23.6 Å². The summed E-state index contributed by atoms with van der Waals surface area (Å²) in [6.45, 7) is -0.277. The summed E-state index contributed by atoms with van der Waals surface area (Å²) < 4.78 is 12.1. The van der Waals surface area contributed by atoms with Crippen molar-refractivity contribution in [3.63, 3.8) is 0 Å². The average Bonchev–Trinajstić information content (AvgIpc) is 2.99. The van der Waals surface area contributed by atoms with E-state index >= 15 is 0 Å². The Morgan fingerprint density at radius 2 is 2.06 bits per heavy atom. The van der Waals surface area contributed by atoms with Crippen LogP contribution in [0, 0.1) is 14.9 Å². The zero-order valence-electron chi connectivity index (χ0n) is 16.3. The van der Waals surface area contributed by atoms with E-state index in [1.807, 2.05) is 12.1 Å². The van der Waals surface area contributed by atoms with Gasteiger partial charge in [-0.15, -0.1) is 0 Å². The van der Waals surface area contributed by atoms with Gasteiger partial charge in [0, 0.05) is 5.56 Å². The number of hydrogen-bond acceptors (Lipinski definition) is 7. The topological polar surface area (TPSA) is 123 Å². The van der Waals surface area contributed by atoms with Gasteiger partial charge in [-0.2, -0.15) is 5.26 Å². The van der Waals surface area contributed by atoms with Gasteiger partial charge in [0.05, 0.1) is 27.2 Å². The molecule has 0 aliphatic carbocycles. The number of imide groups is 1. The largest absolute Gasteiger partial charge is 0.493 e. The second-order valence-electron chi connectivity index (χ2n) is 6.33. The normalized spacial score (nSPS) is 14.6. The van der Waals surface area contributed by atoms with Gasteiger partial charge in [-0.25, -0.2) is 0 Å². The summed E-state index contributed by atoms with van der Waals surface area (Å²) in [5.74, 6) is -0.408. The van der Waals surface area contributed by atoms with Crippen molar-refractivity contribution in [3.8, 4) is 17.6 Å². The van der Waals surface area contributed by atoms with Crippen LogP contribution in [0.3, 0.4) is 0 Å². The van der Waals surface area contributed by atoms with Gasteiger partial charge >= 0.3 is 0 Å². The molecule has 0 bridgehead atoms. The van der Waals surface area contributed by atoms with Crippen LogP contribution >= 0.6 is 34.4 Å². The lowest BCUT2D eigenvalue weighted by Gasteiger charge is -2.14. The van der Waals surface area contributed by atoms with Crippen LogP contribution in [0.1, 0.15) is 16.7 Å². The molecule has 0 saturated carbocycles. The van der Waals surface area contributed by atoms with Gasteiger partial charge < -0.3 is 15.2 Å². The minimum absolute atomic E-state index is 0.181. The van der Waals surface area contributed by atoms with Gasteiger partial charge in [-0.1, -0.05) is 18.2 Å². The van der Waals surface area contributed by atoms with Crippen LogP contribution in [0.4, 0.5) is 4.79 Å². The Morgan fingerprint density at radius 1 is 1.32 bits per heavy atom. The standard InChI is InChI=1S/C21H16IN3O5S/c1-29-16-7-12(8-17-20(27)25(10-18(24)26)21(28)31-17)6-15(22)19(16)30-11-14-5-3-2-4-13(14)9-23/h2-8H,10-11H2,1H3,(H2,24,26)/b17-8-. The lowest BCUT2D eigenvalue weighted by atomic mass is 10.1. The van der Waals surface area contributed by atoms with Gasteiger partial charge in [0.2, 0.25) is 5.91 Å². The molecule has 158 valence electrons. The molecule has 0 radical (unpaired) electrons. The Labute approximate surface area is 196 Å². The number of carbonyl (C=O) groups is 3. The highest BCUT2D eigenvalue weighted by molar-refractivity contribution is 14.1. The fraction of sp³-hybridized carbons (Fsp3) is 0.143.